The van der Waals surface area contributed by atoms with Crippen LogP contribution in [0.3, 0.4) is 0 Å². The molecule has 0 radical (unpaired) electrons. The second-order valence-corrected chi connectivity index (χ2v) is 4.80. The molecule has 0 fully saturated rings. The van der Waals surface area contributed by atoms with Gasteiger partial charge in [-0.1, -0.05) is 29.8 Å². The van der Waals surface area contributed by atoms with E-state index in [9.17, 15) is 9.59 Å². The molecular weight excluding hydrogens is 278 g/mol. The molecule has 1 amide bonds. The van der Waals surface area contributed by atoms with Crippen LogP contribution in [0.15, 0.2) is 54.6 Å². The van der Waals surface area contributed by atoms with Crippen LogP contribution in [-0.4, -0.2) is 19.0 Å². The molecule has 2 aromatic carbocycles. The fourth-order valence-electron chi connectivity index (χ4n) is 1.84. The third kappa shape index (κ3) is 4.31. The van der Waals surface area contributed by atoms with Crippen molar-refractivity contribution in [3.05, 3.63) is 71.3 Å². The predicted molar refractivity (Wildman–Crippen MR) is 86.6 cm³/mol. The van der Waals surface area contributed by atoms with Gasteiger partial charge in [-0.25, -0.2) is 4.79 Å². The lowest BCUT2D eigenvalue weighted by Crippen LogP contribution is -2.08. The van der Waals surface area contributed by atoms with Gasteiger partial charge in [-0.3, -0.25) is 4.79 Å². The summed E-state index contributed by atoms with van der Waals surface area (Å²) in [4.78, 5) is 23.1. The van der Waals surface area contributed by atoms with Crippen LogP contribution in [0.1, 0.15) is 21.5 Å². The Morgan fingerprint density at radius 1 is 1.00 bits per heavy atom. The normalized spacial score (nSPS) is 10.5. The summed E-state index contributed by atoms with van der Waals surface area (Å²) in [5.41, 5.74) is 3.19. The third-order valence-corrected chi connectivity index (χ3v) is 3.08. The first-order chi connectivity index (χ1) is 10.6. The van der Waals surface area contributed by atoms with E-state index in [1.165, 1.54) is 18.7 Å². The molecule has 1 N–H and O–H groups in total. The molecule has 0 saturated carbocycles. The van der Waals surface area contributed by atoms with Crippen molar-refractivity contribution in [1.82, 2.24) is 0 Å². The highest BCUT2D eigenvalue weighted by molar-refractivity contribution is 6.02. The number of aryl methyl sites for hydroxylation is 1. The summed E-state index contributed by atoms with van der Waals surface area (Å²) in [6.45, 7) is 2.01. The predicted octanol–water partition coefficient (Wildman–Crippen LogP) is 3.43. The lowest BCUT2D eigenvalue weighted by molar-refractivity contribution is -0.111. The largest absolute Gasteiger partial charge is 0.465 e. The average Bonchev–Trinajstić information content (AvgIpc) is 2.54. The Hall–Kier alpha value is -2.88. The van der Waals surface area contributed by atoms with E-state index in [1.54, 1.807) is 30.3 Å². The number of ether oxygens (including phenoxy) is 1. The number of amides is 1. The Bertz CT molecular complexity index is 685. The molecule has 0 bridgehead atoms. The number of hydrogen-bond donors (Lipinski definition) is 1. The monoisotopic (exact) mass is 295 g/mol. The molecule has 0 saturated heterocycles. The van der Waals surface area contributed by atoms with E-state index < -0.39 is 5.97 Å². The van der Waals surface area contributed by atoms with Crippen molar-refractivity contribution in [2.45, 2.75) is 6.92 Å². The van der Waals surface area contributed by atoms with Crippen LogP contribution in [0.25, 0.3) is 6.08 Å². The van der Waals surface area contributed by atoms with Crippen molar-refractivity contribution in [2.75, 3.05) is 12.4 Å². The number of benzene rings is 2. The van der Waals surface area contributed by atoms with E-state index in [2.05, 4.69) is 10.1 Å². The maximum atomic E-state index is 11.8. The summed E-state index contributed by atoms with van der Waals surface area (Å²) in [6, 6.07) is 14.4. The Kier molecular flexibility index (Phi) is 5.09. The fourth-order valence-corrected chi connectivity index (χ4v) is 1.84. The molecule has 0 aliphatic carbocycles. The Balaban J connectivity index is 1.97. The summed E-state index contributed by atoms with van der Waals surface area (Å²) in [5, 5.41) is 2.73. The minimum absolute atomic E-state index is 0.230. The molecule has 0 aliphatic rings. The van der Waals surface area contributed by atoms with E-state index in [-0.39, 0.29) is 5.91 Å². The van der Waals surface area contributed by atoms with E-state index in [0.29, 0.717) is 11.3 Å². The molecule has 0 heterocycles. The number of carbonyl (C=O) groups is 2. The molecule has 4 nitrogen and oxygen atoms in total. The maximum absolute atomic E-state index is 11.8. The van der Waals surface area contributed by atoms with Crippen LogP contribution < -0.4 is 5.32 Å². The van der Waals surface area contributed by atoms with Crippen LogP contribution in [0, 0.1) is 6.92 Å². The summed E-state index contributed by atoms with van der Waals surface area (Å²) in [5.74, 6) is -0.636. The summed E-state index contributed by atoms with van der Waals surface area (Å²) < 4.78 is 4.62. The number of hydrogen-bond acceptors (Lipinski definition) is 3. The zero-order valence-corrected chi connectivity index (χ0v) is 12.5. The number of carbonyl (C=O) groups excluding carboxylic acids is 2. The quantitative estimate of drug-likeness (QED) is 0.694. The fraction of sp³-hybridized carbons (Fsp3) is 0.111. The highest BCUT2D eigenvalue weighted by Crippen LogP contribution is 2.11. The molecule has 2 aromatic rings. The smallest absolute Gasteiger partial charge is 0.337 e. The number of rotatable bonds is 4. The van der Waals surface area contributed by atoms with Gasteiger partial charge in [-0.05, 0) is 42.8 Å². The van der Waals surface area contributed by atoms with Gasteiger partial charge in [-0.15, -0.1) is 0 Å². The molecule has 4 heteroatoms. The summed E-state index contributed by atoms with van der Waals surface area (Å²) in [6.07, 6.45) is 3.22. The van der Waals surface area contributed by atoms with Crippen molar-refractivity contribution >= 4 is 23.6 Å². The van der Waals surface area contributed by atoms with Gasteiger partial charge in [0.1, 0.15) is 0 Å². The summed E-state index contributed by atoms with van der Waals surface area (Å²) in [7, 11) is 1.33. The number of methoxy groups -OCH3 is 1. The van der Waals surface area contributed by atoms with Gasteiger partial charge < -0.3 is 10.1 Å². The second-order valence-electron chi connectivity index (χ2n) is 4.80. The highest BCUT2D eigenvalue weighted by Gasteiger charge is 2.05. The van der Waals surface area contributed by atoms with Gasteiger partial charge >= 0.3 is 5.97 Å². The first-order valence-corrected chi connectivity index (χ1v) is 6.82. The number of anilines is 1. The van der Waals surface area contributed by atoms with Gasteiger partial charge in [0.25, 0.3) is 0 Å². The van der Waals surface area contributed by atoms with Crippen molar-refractivity contribution < 1.29 is 14.3 Å². The lowest BCUT2D eigenvalue weighted by Gasteiger charge is -2.03. The van der Waals surface area contributed by atoms with E-state index in [1.807, 2.05) is 31.2 Å². The molecule has 0 atom stereocenters. The maximum Gasteiger partial charge on any atom is 0.337 e. The highest BCUT2D eigenvalue weighted by atomic mass is 16.5. The lowest BCUT2D eigenvalue weighted by atomic mass is 10.1. The topological polar surface area (TPSA) is 55.4 Å². The van der Waals surface area contributed by atoms with E-state index in [4.69, 9.17) is 0 Å². The standard InChI is InChI=1S/C18H17NO3/c1-13-3-5-14(6-4-13)7-12-17(20)19-16-10-8-15(9-11-16)18(21)22-2/h3-12H,1-2H3,(H,19,20). The van der Waals surface area contributed by atoms with Crippen molar-refractivity contribution in [2.24, 2.45) is 0 Å². The minimum atomic E-state index is -0.405. The van der Waals surface area contributed by atoms with Gasteiger partial charge in [0.05, 0.1) is 12.7 Å². The zero-order chi connectivity index (χ0) is 15.9. The molecule has 0 unspecified atom stereocenters. The molecule has 22 heavy (non-hydrogen) atoms. The van der Waals surface area contributed by atoms with Gasteiger partial charge in [-0.2, -0.15) is 0 Å². The van der Waals surface area contributed by atoms with Crippen molar-refractivity contribution in [3.8, 4) is 0 Å². The van der Waals surface area contributed by atoms with Crippen LogP contribution >= 0.6 is 0 Å². The van der Waals surface area contributed by atoms with Crippen LogP contribution in [0.2, 0.25) is 0 Å². The molecule has 0 aromatic heterocycles. The van der Waals surface area contributed by atoms with Crippen LogP contribution in [0.5, 0.6) is 0 Å². The van der Waals surface area contributed by atoms with Crippen LogP contribution in [-0.2, 0) is 9.53 Å². The van der Waals surface area contributed by atoms with Crippen LogP contribution in [0.4, 0.5) is 5.69 Å². The van der Waals surface area contributed by atoms with E-state index >= 15 is 0 Å². The third-order valence-electron chi connectivity index (χ3n) is 3.08. The number of nitrogens with one attached hydrogen (secondary N) is 1. The van der Waals surface area contributed by atoms with Crippen molar-refractivity contribution in [3.63, 3.8) is 0 Å². The Labute approximate surface area is 129 Å². The zero-order valence-electron chi connectivity index (χ0n) is 12.5. The number of esters is 1. The Morgan fingerprint density at radius 3 is 2.23 bits per heavy atom. The molecule has 2 rings (SSSR count). The van der Waals surface area contributed by atoms with Crippen molar-refractivity contribution in [1.29, 1.82) is 0 Å². The molecule has 0 spiro atoms. The minimum Gasteiger partial charge on any atom is -0.465 e. The van der Waals surface area contributed by atoms with Gasteiger partial charge in [0.2, 0.25) is 5.91 Å². The Morgan fingerprint density at radius 2 is 1.64 bits per heavy atom. The van der Waals surface area contributed by atoms with E-state index in [0.717, 1.165) is 5.56 Å². The van der Waals surface area contributed by atoms with Gasteiger partial charge in [0.15, 0.2) is 0 Å². The molecule has 112 valence electrons. The first-order valence-electron chi connectivity index (χ1n) is 6.82. The summed E-state index contributed by atoms with van der Waals surface area (Å²) >= 11 is 0. The average molecular weight is 295 g/mol. The second kappa shape index (κ2) is 7.22. The van der Waals surface area contributed by atoms with Gasteiger partial charge in [0, 0.05) is 11.8 Å². The first kappa shape index (κ1) is 15.5. The SMILES string of the molecule is COC(=O)c1ccc(NC(=O)C=Cc2ccc(C)cc2)cc1. The molecule has 0 aliphatic heterocycles. The molecular formula is C18H17NO3.